The van der Waals surface area contributed by atoms with Gasteiger partial charge in [-0.25, -0.2) is 4.98 Å². The fourth-order valence-corrected chi connectivity index (χ4v) is 3.62. The Labute approximate surface area is 178 Å². The molecule has 0 aliphatic carbocycles. The molecule has 3 aromatic rings. The molecule has 0 unspecified atom stereocenters. The summed E-state index contributed by atoms with van der Waals surface area (Å²) < 4.78 is 5.39. The lowest BCUT2D eigenvalue weighted by Gasteiger charge is -2.03. The second kappa shape index (κ2) is 9.87. The van der Waals surface area contributed by atoms with Gasteiger partial charge in [-0.05, 0) is 42.3 Å². The molecule has 29 heavy (non-hydrogen) atoms. The number of aromatic nitrogens is 1. The van der Waals surface area contributed by atoms with E-state index >= 15 is 0 Å². The molecule has 0 aliphatic heterocycles. The molecule has 0 fully saturated rings. The number of carbonyl (C=O) groups excluding carboxylic acids is 1. The van der Waals surface area contributed by atoms with Gasteiger partial charge in [0.05, 0.1) is 6.61 Å². The number of anilines is 1. The minimum atomic E-state index is -0.500. The first-order valence-electron chi connectivity index (χ1n) is 8.93. The predicted molar refractivity (Wildman–Crippen MR) is 116 cm³/mol. The van der Waals surface area contributed by atoms with Gasteiger partial charge in [-0.1, -0.05) is 41.9 Å². The molecule has 7 heteroatoms. The molecule has 1 heterocycles. The first-order chi connectivity index (χ1) is 14.1. The van der Waals surface area contributed by atoms with E-state index in [0.717, 1.165) is 21.8 Å². The van der Waals surface area contributed by atoms with Gasteiger partial charge < -0.3 is 4.74 Å². The van der Waals surface area contributed by atoms with Crippen LogP contribution < -0.4 is 10.1 Å². The lowest BCUT2D eigenvalue weighted by molar-refractivity contribution is -0.112. The Morgan fingerprint density at radius 2 is 2.03 bits per heavy atom. The number of carbonyl (C=O) groups is 1. The van der Waals surface area contributed by atoms with Crippen LogP contribution in [0.25, 0.3) is 6.08 Å². The summed E-state index contributed by atoms with van der Waals surface area (Å²) in [6.07, 6.45) is 3.86. The Balaban J connectivity index is 1.67. The molecule has 2 aromatic carbocycles. The van der Waals surface area contributed by atoms with Crippen LogP contribution in [0.3, 0.4) is 0 Å². The van der Waals surface area contributed by atoms with E-state index in [1.54, 1.807) is 30.5 Å². The van der Waals surface area contributed by atoms with Crippen molar-refractivity contribution in [3.63, 3.8) is 0 Å². The summed E-state index contributed by atoms with van der Waals surface area (Å²) in [6.45, 7) is 2.48. The smallest absolute Gasteiger partial charge is 0.268 e. The van der Waals surface area contributed by atoms with Crippen LogP contribution in [0.4, 0.5) is 5.13 Å². The summed E-state index contributed by atoms with van der Waals surface area (Å²) in [7, 11) is 0. The molecule has 0 bridgehead atoms. The van der Waals surface area contributed by atoms with E-state index in [4.69, 9.17) is 16.3 Å². The summed E-state index contributed by atoms with van der Waals surface area (Å²) in [5, 5.41) is 13.2. The summed E-state index contributed by atoms with van der Waals surface area (Å²) in [5.41, 5.74) is 1.72. The van der Waals surface area contributed by atoms with Gasteiger partial charge in [-0.3, -0.25) is 10.1 Å². The number of nitrogens with zero attached hydrogens (tertiary/aromatic N) is 2. The topological polar surface area (TPSA) is 75.0 Å². The molecule has 3 rings (SSSR count). The monoisotopic (exact) mass is 423 g/mol. The summed E-state index contributed by atoms with van der Waals surface area (Å²) in [4.78, 5) is 17.6. The van der Waals surface area contributed by atoms with E-state index in [1.165, 1.54) is 17.4 Å². The highest BCUT2D eigenvalue weighted by molar-refractivity contribution is 7.15. The SMILES string of the molecule is CCOc1ccc(/C=C(\C#N)C(=O)Nc2ncc(Cc3ccccc3Cl)s2)cc1. The van der Waals surface area contributed by atoms with Crippen LogP contribution in [-0.4, -0.2) is 17.5 Å². The first-order valence-corrected chi connectivity index (χ1v) is 10.1. The van der Waals surface area contributed by atoms with Crippen LogP contribution in [0.2, 0.25) is 5.02 Å². The number of rotatable bonds is 7. The van der Waals surface area contributed by atoms with Gasteiger partial charge in [0.2, 0.25) is 0 Å². The Morgan fingerprint density at radius 3 is 2.72 bits per heavy atom. The van der Waals surface area contributed by atoms with Gasteiger partial charge in [0.1, 0.15) is 17.4 Å². The van der Waals surface area contributed by atoms with Crippen molar-refractivity contribution in [3.8, 4) is 11.8 Å². The second-order valence-electron chi connectivity index (χ2n) is 6.03. The van der Waals surface area contributed by atoms with Crippen molar-refractivity contribution >= 4 is 40.1 Å². The van der Waals surface area contributed by atoms with Crippen molar-refractivity contribution in [2.75, 3.05) is 11.9 Å². The molecular formula is C22H18ClN3O2S. The minimum Gasteiger partial charge on any atom is -0.494 e. The van der Waals surface area contributed by atoms with Crippen LogP contribution in [-0.2, 0) is 11.2 Å². The highest BCUT2D eigenvalue weighted by atomic mass is 35.5. The molecule has 1 aromatic heterocycles. The van der Waals surface area contributed by atoms with Gasteiger partial charge in [-0.15, -0.1) is 11.3 Å². The van der Waals surface area contributed by atoms with Gasteiger partial charge in [0.25, 0.3) is 5.91 Å². The van der Waals surface area contributed by atoms with Crippen molar-refractivity contribution in [1.29, 1.82) is 5.26 Å². The third kappa shape index (κ3) is 5.67. The number of amides is 1. The standard InChI is InChI=1S/C22H18ClN3O2S/c1-2-28-18-9-7-15(8-10-18)11-17(13-24)21(27)26-22-25-14-19(29-22)12-16-5-3-4-6-20(16)23/h3-11,14H,2,12H2,1H3,(H,25,26,27)/b17-11+. The normalized spacial score (nSPS) is 11.0. The number of benzene rings is 2. The Kier molecular flexibility index (Phi) is 7.01. The zero-order chi connectivity index (χ0) is 20.6. The lowest BCUT2D eigenvalue weighted by Crippen LogP contribution is -2.13. The molecule has 1 N–H and O–H groups in total. The molecule has 5 nitrogen and oxygen atoms in total. The molecule has 0 spiro atoms. The number of thiazole rings is 1. The molecule has 0 atom stereocenters. The second-order valence-corrected chi connectivity index (χ2v) is 7.55. The molecule has 0 radical (unpaired) electrons. The van der Waals surface area contributed by atoms with Crippen LogP contribution in [0.5, 0.6) is 5.75 Å². The van der Waals surface area contributed by atoms with Crippen LogP contribution in [0.1, 0.15) is 22.9 Å². The number of nitrogens with one attached hydrogen (secondary N) is 1. The summed E-state index contributed by atoms with van der Waals surface area (Å²) in [6, 6.07) is 16.7. The van der Waals surface area contributed by atoms with E-state index in [9.17, 15) is 10.1 Å². The van der Waals surface area contributed by atoms with E-state index in [1.807, 2.05) is 37.3 Å². The maximum absolute atomic E-state index is 12.5. The van der Waals surface area contributed by atoms with Gasteiger partial charge in [0.15, 0.2) is 5.13 Å². The van der Waals surface area contributed by atoms with Gasteiger partial charge in [-0.2, -0.15) is 5.26 Å². The average Bonchev–Trinajstić information content (AvgIpc) is 3.16. The fourth-order valence-electron chi connectivity index (χ4n) is 2.58. The van der Waals surface area contributed by atoms with E-state index in [2.05, 4.69) is 10.3 Å². The average molecular weight is 424 g/mol. The molecular weight excluding hydrogens is 406 g/mol. The summed E-state index contributed by atoms with van der Waals surface area (Å²) >= 11 is 7.54. The van der Waals surface area contributed by atoms with Crippen molar-refractivity contribution in [2.45, 2.75) is 13.3 Å². The van der Waals surface area contributed by atoms with Crippen molar-refractivity contribution in [3.05, 3.63) is 81.3 Å². The van der Waals surface area contributed by atoms with E-state index in [0.29, 0.717) is 23.2 Å². The zero-order valence-corrected chi connectivity index (χ0v) is 17.3. The van der Waals surface area contributed by atoms with Crippen LogP contribution >= 0.6 is 22.9 Å². The number of nitriles is 1. The molecule has 1 amide bonds. The maximum Gasteiger partial charge on any atom is 0.268 e. The number of hydrogen-bond acceptors (Lipinski definition) is 5. The number of halogens is 1. The van der Waals surface area contributed by atoms with Crippen LogP contribution in [0.15, 0.2) is 60.3 Å². The third-order valence-electron chi connectivity index (χ3n) is 3.96. The molecule has 0 saturated heterocycles. The van der Waals surface area contributed by atoms with Crippen molar-refractivity contribution < 1.29 is 9.53 Å². The van der Waals surface area contributed by atoms with Gasteiger partial charge in [0, 0.05) is 22.5 Å². The zero-order valence-electron chi connectivity index (χ0n) is 15.7. The number of hydrogen-bond donors (Lipinski definition) is 1. The first kappa shape index (κ1) is 20.6. The Bertz CT molecular complexity index is 1070. The summed E-state index contributed by atoms with van der Waals surface area (Å²) in [5.74, 6) is 0.237. The quantitative estimate of drug-likeness (QED) is 0.411. The van der Waals surface area contributed by atoms with Crippen molar-refractivity contribution in [2.24, 2.45) is 0 Å². The minimum absolute atomic E-state index is 0.00277. The van der Waals surface area contributed by atoms with Gasteiger partial charge >= 0.3 is 0 Å². The lowest BCUT2D eigenvalue weighted by atomic mass is 10.1. The Hall–Kier alpha value is -3.14. The highest BCUT2D eigenvalue weighted by Gasteiger charge is 2.13. The van der Waals surface area contributed by atoms with E-state index < -0.39 is 5.91 Å². The molecule has 0 aliphatic rings. The number of ether oxygens (including phenoxy) is 1. The highest BCUT2D eigenvalue weighted by Crippen LogP contribution is 2.25. The molecule has 0 saturated carbocycles. The third-order valence-corrected chi connectivity index (χ3v) is 5.25. The fraction of sp³-hybridized carbons (Fsp3) is 0.136. The van der Waals surface area contributed by atoms with Crippen LogP contribution in [0, 0.1) is 11.3 Å². The Morgan fingerprint density at radius 1 is 1.28 bits per heavy atom. The van der Waals surface area contributed by atoms with E-state index in [-0.39, 0.29) is 5.57 Å². The molecule has 146 valence electrons. The maximum atomic E-state index is 12.5. The van der Waals surface area contributed by atoms with Crippen molar-refractivity contribution in [1.82, 2.24) is 4.98 Å². The largest absolute Gasteiger partial charge is 0.494 e. The predicted octanol–water partition coefficient (Wildman–Crippen LogP) is 5.33.